The number of aryl methyl sites for hydroxylation is 1. The van der Waals surface area contributed by atoms with Crippen molar-refractivity contribution < 1.29 is 9.26 Å². The molecule has 6 nitrogen and oxygen atoms in total. The van der Waals surface area contributed by atoms with E-state index >= 15 is 0 Å². The molecular formula is C15H28N4O2. The zero-order chi connectivity index (χ0) is 15.4. The van der Waals surface area contributed by atoms with Crippen LogP contribution in [0.25, 0.3) is 0 Å². The van der Waals surface area contributed by atoms with Crippen molar-refractivity contribution in [2.45, 2.75) is 39.3 Å². The molecule has 1 fully saturated rings. The maximum atomic E-state index is 5.67. The molecule has 1 aliphatic rings. The Morgan fingerprint density at radius 3 is 2.76 bits per heavy atom. The quantitative estimate of drug-likeness (QED) is 0.797. The van der Waals surface area contributed by atoms with Gasteiger partial charge in [-0.2, -0.15) is 4.98 Å². The third-order valence-electron chi connectivity index (χ3n) is 4.58. The van der Waals surface area contributed by atoms with Crippen molar-refractivity contribution in [1.29, 1.82) is 0 Å². The average Bonchev–Trinajstić information content (AvgIpc) is 2.91. The molecule has 0 aromatic carbocycles. The molecule has 1 aliphatic heterocycles. The van der Waals surface area contributed by atoms with Gasteiger partial charge in [0.25, 0.3) is 0 Å². The number of piperazine rings is 1. The number of hydrogen-bond donors (Lipinski definition) is 0. The van der Waals surface area contributed by atoms with Crippen LogP contribution in [0.15, 0.2) is 4.52 Å². The second-order valence-corrected chi connectivity index (χ2v) is 6.10. The lowest BCUT2D eigenvalue weighted by molar-refractivity contribution is -0.00139. The number of nitrogens with zero attached hydrogens (tertiary/aromatic N) is 4. The first kappa shape index (κ1) is 16.4. The minimum atomic E-state index is 0.175. The van der Waals surface area contributed by atoms with E-state index in [0.29, 0.717) is 11.7 Å². The number of ether oxygens (including phenoxy) is 1. The van der Waals surface area contributed by atoms with Crippen LogP contribution < -0.4 is 0 Å². The highest BCUT2D eigenvalue weighted by molar-refractivity contribution is 4.96. The summed E-state index contributed by atoms with van der Waals surface area (Å²) >= 11 is 0. The lowest BCUT2D eigenvalue weighted by Gasteiger charge is -2.39. The van der Waals surface area contributed by atoms with Crippen molar-refractivity contribution in [2.75, 3.05) is 40.3 Å². The van der Waals surface area contributed by atoms with Crippen LogP contribution in [0, 0.1) is 12.8 Å². The Kier molecular flexibility index (Phi) is 5.72. The Labute approximate surface area is 127 Å². The summed E-state index contributed by atoms with van der Waals surface area (Å²) in [6.45, 7) is 10.3. The third kappa shape index (κ3) is 4.02. The largest absolute Gasteiger partial charge is 0.380 e. The first-order valence-electron chi connectivity index (χ1n) is 7.80. The van der Waals surface area contributed by atoms with E-state index in [9.17, 15) is 0 Å². The highest BCUT2D eigenvalue weighted by Gasteiger charge is 2.31. The summed E-state index contributed by atoms with van der Waals surface area (Å²) in [5.41, 5.74) is 0. The second-order valence-electron chi connectivity index (χ2n) is 6.10. The molecule has 0 aliphatic carbocycles. The normalized spacial score (nSPS) is 24.1. The number of rotatable bonds is 6. The van der Waals surface area contributed by atoms with Crippen LogP contribution in [0.3, 0.4) is 0 Å². The molecule has 1 aromatic rings. The fourth-order valence-corrected chi connectivity index (χ4v) is 2.82. The van der Waals surface area contributed by atoms with Crippen molar-refractivity contribution in [3.8, 4) is 0 Å². The molecule has 21 heavy (non-hydrogen) atoms. The fraction of sp³-hybridized carbons (Fsp3) is 0.867. The summed E-state index contributed by atoms with van der Waals surface area (Å²) in [5.74, 6) is 1.99. The zero-order valence-corrected chi connectivity index (χ0v) is 13.9. The van der Waals surface area contributed by atoms with Gasteiger partial charge in [-0.3, -0.25) is 9.80 Å². The van der Waals surface area contributed by atoms with Crippen LogP contribution in [-0.4, -0.2) is 66.4 Å². The Morgan fingerprint density at radius 1 is 1.43 bits per heavy atom. The van der Waals surface area contributed by atoms with Gasteiger partial charge >= 0.3 is 0 Å². The molecule has 2 heterocycles. The van der Waals surface area contributed by atoms with Gasteiger partial charge in [0.15, 0.2) is 5.82 Å². The van der Waals surface area contributed by atoms with Gasteiger partial charge in [0.2, 0.25) is 5.89 Å². The van der Waals surface area contributed by atoms with Gasteiger partial charge in [0.1, 0.15) is 6.04 Å². The van der Waals surface area contributed by atoms with Gasteiger partial charge in [-0.1, -0.05) is 25.4 Å². The van der Waals surface area contributed by atoms with E-state index in [1.807, 2.05) is 14.0 Å². The van der Waals surface area contributed by atoms with Gasteiger partial charge in [-0.15, -0.1) is 0 Å². The summed E-state index contributed by atoms with van der Waals surface area (Å²) < 4.78 is 11.0. The Morgan fingerprint density at radius 2 is 2.19 bits per heavy atom. The number of hydrogen-bond acceptors (Lipinski definition) is 6. The van der Waals surface area contributed by atoms with Crippen molar-refractivity contribution in [1.82, 2.24) is 19.9 Å². The van der Waals surface area contributed by atoms with E-state index in [1.165, 1.54) is 0 Å². The van der Waals surface area contributed by atoms with E-state index in [-0.39, 0.29) is 12.1 Å². The summed E-state index contributed by atoms with van der Waals surface area (Å²) in [6, 6.07) is 0.175. The number of aromatic nitrogens is 2. The molecule has 0 saturated carbocycles. The molecule has 0 bridgehead atoms. The Balaban J connectivity index is 2.00. The molecule has 0 spiro atoms. The van der Waals surface area contributed by atoms with Crippen molar-refractivity contribution in [3.05, 3.63) is 11.7 Å². The van der Waals surface area contributed by atoms with Crippen LogP contribution in [0.1, 0.15) is 38.0 Å². The molecule has 1 aromatic heterocycles. The van der Waals surface area contributed by atoms with Gasteiger partial charge in [0, 0.05) is 33.3 Å². The second kappa shape index (κ2) is 7.33. The molecule has 0 radical (unpaired) electrons. The first-order valence-corrected chi connectivity index (χ1v) is 7.80. The average molecular weight is 296 g/mol. The molecule has 1 saturated heterocycles. The van der Waals surface area contributed by atoms with Gasteiger partial charge < -0.3 is 9.26 Å². The van der Waals surface area contributed by atoms with Crippen LogP contribution in [-0.2, 0) is 4.74 Å². The topological polar surface area (TPSA) is 54.6 Å². The van der Waals surface area contributed by atoms with E-state index in [4.69, 9.17) is 9.26 Å². The Hall–Kier alpha value is -0.980. The minimum absolute atomic E-state index is 0.175. The summed E-state index contributed by atoms with van der Waals surface area (Å²) in [4.78, 5) is 9.13. The van der Waals surface area contributed by atoms with Crippen molar-refractivity contribution in [2.24, 2.45) is 5.92 Å². The van der Waals surface area contributed by atoms with E-state index in [2.05, 4.69) is 40.8 Å². The fourth-order valence-electron chi connectivity index (χ4n) is 2.82. The smallest absolute Gasteiger partial charge is 0.245 e. The molecule has 0 N–H and O–H groups in total. The van der Waals surface area contributed by atoms with E-state index in [0.717, 1.165) is 38.5 Å². The molecule has 0 unspecified atom stereocenters. The predicted octanol–water partition coefficient (Wildman–Crippen LogP) is 1.73. The molecule has 120 valence electrons. The van der Waals surface area contributed by atoms with Gasteiger partial charge in [-0.25, -0.2) is 0 Å². The monoisotopic (exact) mass is 296 g/mol. The maximum Gasteiger partial charge on any atom is 0.245 e. The van der Waals surface area contributed by atoms with E-state index < -0.39 is 0 Å². The predicted molar refractivity (Wildman–Crippen MR) is 81.1 cm³/mol. The van der Waals surface area contributed by atoms with Crippen LogP contribution in [0.4, 0.5) is 0 Å². The number of methoxy groups -OCH3 is 1. The maximum absolute atomic E-state index is 5.67. The number of likely N-dealkylation sites (N-methyl/N-ethyl adjacent to an activating group) is 1. The summed E-state index contributed by atoms with van der Waals surface area (Å²) in [5, 5.41) is 3.91. The van der Waals surface area contributed by atoms with Crippen LogP contribution in [0.2, 0.25) is 0 Å². The standard InChI is InChI=1S/C15H28N4O2/c1-6-11(2)14(20-5)10-19-8-7-18(4)13(9-19)15-16-12(3)17-21-15/h11,13-14H,6-10H2,1-5H3/t11-,13+,14+/m0/s1. The van der Waals surface area contributed by atoms with Crippen molar-refractivity contribution in [3.63, 3.8) is 0 Å². The summed E-state index contributed by atoms with van der Waals surface area (Å²) in [6.07, 6.45) is 1.42. The van der Waals surface area contributed by atoms with E-state index in [1.54, 1.807) is 0 Å². The van der Waals surface area contributed by atoms with Gasteiger partial charge in [-0.05, 0) is 19.9 Å². The first-order chi connectivity index (χ1) is 10.0. The zero-order valence-electron chi connectivity index (χ0n) is 13.9. The molecule has 0 amide bonds. The molecule has 2 rings (SSSR count). The minimum Gasteiger partial charge on any atom is -0.380 e. The lowest BCUT2D eigenvalue weighted by atomic mass is 10.0. The highest BCUT2D eigenvalue weighted by Crippen LogP contribution is 2.23. The Bertz CT molecular complexity index is 437. The molecule has 3 atom stereocenters. The van der Waals surface area contributed by atoms with Crippen LogP contribution >= 0.6 is 0 Å². The molecule has 6 heteroatoms. The SMILES string of the molecule is CC[C@H](C)[C@@H](CN1CCN(C)[C@@H](c2nc(C)no2)C1)OC. The molecular weight excluding hydrogens is 268 g/mol. The van der Waals surface area contributed by atoms with Crippen LogP contribution in [0.5, 0.6) is 0 Å². The third-order valence-corrected chi connectivity index (χ3v) is 4.58. The highest BCUT2D eigenvalue weighted by atomic mass is 16.5. The van der Waals surface area contributed by atoms with Gasteiger partial charge in [0.05, 0.1) is 6.10 Å². The summed E-state index contributed by atoms with van der Waals surface area (Å²) in [7, 11) is 3.93. The lowest BCUT2D eigenvalue weighted by Crippen LogP contribution is -2.49. The van der Waals surface area contributed by atoms with Crippen molar-refractivity contribution >= 4 is 0 Å².